The first-order chi connectivity index (χ1) is 16.0. The monoisotopic (exact) mass is 469 g/mol. The van der Waals surface area contributed by atoms with Crippen molar-refractivity contribution in [1.82, 2.24) is 10.2 Å². The molecule has 2 aliphatic rings. The molecule has 0 saturated carbocycles. The van der Waals surface area contributed by atoms with E-state index in [-0.39, 0.29) is 23.6 Å². The van der Waals surface area contributed by atoms with Crippen molar-refractivity contribution in [2.24, 2.45) is 0 Å². The van der Waals surface area contributed by atoms with Gasteiger partial charge in [0.15, 0.2) is 0 Å². The summed E-state index contributed by atoms with van der Waals surface area (Å²) in [5.74, 6) is -0.0428. The van der Waals surface area contributed by atoms with E-state index in [0.29, 0.717) is 49.3 Å². The zero-order valence-corrected chi connectivity index (χ0v) is 19.6. The van der Waals surface area contributed by atoms with Gasteiger partial charge in [-0.05, 0) is 68.9 Å². The van der Waals surface area contributed by atoms with Crippen LogP contribution >= 0.6 is 0 Å². The number of amides is 2. The number of likely N-dealkylation sites (tertiary alicyclic amines) is 1. The van der Waals surface area contributed by atoms with Crippen LogP contribution in [0.3, 0.4) is 0 Å². The maximum Gasteiger partial charge on any atom is 0.254 e. The van der Waals surface area contributed by atoms with E-state index in [4.69, 9.17) is 0 Å². The molecule has 176 valence electrons. The van der Waals surface area contributed by atoms with Crippen LogP contribution < -0.4 is 9.62 Å². The van der Waals surface area contributed by atoms with Crippen molar-refractivity contribution in [3.8, 4) is 0 Å². The van der Waals surface area contributed by atoms with Gasteiger partial charge in [0.2, 0.25) is 10.0 Å². The third-order valence-corrected chi connectivity index (χ3v) is 8.29. The summed E-state index contributed by atoms with van der Waals surface area (Å²) in [5, 5.41) is 2.96. The maximum absolute atomic E-state index is 13.4. The molecule has 2 amide bonds. The minimum atomic E-state index is -3.33. The molecule has 0 radical (unpaired) electrons. The smallest absolute Gasteiger partial charge is 0.254 e. The summed E-state index contributed by atoms with van der Waals surface area (Å²) in [6.45, 7) is 1.62. The molecule has 2 aliphatic heterocycles. The van der Waals surface area contributed by atoms with Gasteiger partial charge in [-0.2, -0.15) is 0 Å². The minimum absolute atomic E-state index is 0.0460. The number of sulfonamides is 1. The first-order valence-corrected chi connectivity index (χ1v) is 13.3. The first-order valence-electron chi connectivity index (χ1n) is 11.7. The van der Waals surface area contributed by atoms with Crippen molar-refractivity contribution in [2.75, 3.05) is 29.7 Å². The third kappa shape index (κ3) is 5.55. The molecule has 2 fully saturated rings. The number of nitrogens with one attached hydrogen (secondary N) is 1. The van der Waals surface area contributed by atoms with Gasteiger partial charge in [-0.15, -0.1) is 0 Å². The van der Waals surface area contributed by atoms with Crippen molar-refractivity contribution in [3.63, 3.8) is 0 Å². The summed E-state index contributed by atoms with van der Waals surface area (Å²) < 4.78 is 26.4. The van der Waals surface area contributed by atoms with E-state index in [2.05, 4.69) is 5.32 Å². The van der Waals surface area contributed by atoms with E-state index in [1.165, 1.54) is 4.31 Å². The Kier molecular flexibility index (Phi) is 7.33. The van der Waals surface area contributed by atoms with Gasteiger partial charge in [-0.25, -0.2) is 8.42 Å². The Bertz CT molecular complexity index is 1090. The molecule has 33 heavy (non-hydrogen) atoms. The zero-order valence-electron chi connectivity index (χ0n) is 18.8. The summed E-state index contributed by atoms with van der Waals surface area (Å²) in [6.07, 6.45) is 5.07. The number of carbonyl (C=O) groups excluding carboxylic acids is 2. The number of hydrogen-bond acceptors (Lipinski definition) is 4. The standard InChI is InChI=1S/C25H31N3O4S/c29-24(20-9-2-1-3-10-20)26-15-14-22-12-4-5-16-27(22)25(30)21-11-8-13-23(19-21)28-17-6-7-18-33(28,31)32/h1-3,8-11,13,19,22H,4-7,12,14-18H2,(H,26,29). The normalized spacial score (nSPS) is 20.3. The lowest BCUT2D eigenvalue weighted by atomic mass is 9.98. The number of benzene rings is 2. The van der Waals surface area contributed by atoms with Crippen LogP contribution in [-0.2, 0) is 10.0 Å². The maximum atomic E-state index is 13.4. The number of rotatable bonds is 6. The molecule has 7 nitrogen and oxygen atoms in total. The molecule has 1 unspecified atom stereocenters. The summed E-state index contributed by atoms with van der Waals surface area (Å²) in [6, 6.07) is 16.1. The lowest BCUT2D eigenvalue weighted by molar-refractivity contribution is 0.0601. The number of carbonyl (C=O) groups is 2. The van der Waals surface area contributed by atoms with Gasteiger partial charge in [-0.3, -0.25) is 13.9 Å². The second-order valence-corrected chi connectivity index (χ2v) is 10.7. The van der Waals surface area contributed by atoms with Crippen LogP contribution in [0.2, 0.25) is 0 Å². The predicted molar refractivity (Wildman–Crippen MR) is 129 cm³/mol. The van der Waals surface area contributed by atoms with Gasteiger partial charge < -0.3 is 10.2 Å². The minimum Gasteiger partial charge on any atom is -0.352 e. The molecule has 0 aromatic heterocycles. The van der Waals surface area contributed by atoms with Crippen LogP contribution in [0.25, 0.3) is 0 Å². The molecule has 1 atom stereocenters. The summed E-state index contributed by atoms with van der Waals surface area (Å²) in [5.41, 5.74) is 1.69. The number of hydrogen-bond donors (Lipinski definition) is 1. The Morgan fingerprint density at radius 2 is 1.67 bits per heavy atom. The molecule has 4 rings (SSSR count). The first kappa shape index (κ1) is 23.3. The van der Waals surface area contributed by atoms with Gasteiger partial charge in [0, 0.05) is 36.8 Å². The van der Waals surface area contributed by atoms with Gasteiger partial charge >= 0.3 is 0 Å². The molecule has 1 N–H and O–H groups in total. The van der Waals surface area contributed by atoms with E-state index < -0.39 is 10.0 Å². The topological polar surface area (TPSA) is 86.8 Å². The van der Waals surface area contributed by atoms with Crippen molar-refractivity contribution >= 4 is 27.5 Å². The molecule has 0 spiro atoms. The van der Waals surface area contributed by atoms with Gasteiger partial charge in [-0.1, -0.05) is 24.3 Å². The number of nitrogens with zero attached hydrogens (tertiary/aromatic N) is 2. The summed E-state index contributed by atoms with van der Waals surface area (Å²) in [7, 11) is -3.33. The fourth-order valence-electron chi connectivity index (χ4n) is 4.65. The van der Waals surface area contributed by atoms with Crippen LogP contribution in [0.15, 0.2) is 54.6 Å². The van der Waals surface area contributed by atoms with Gasteiger partial charge in [0.25, 0.3) is 11.8 Å². The van der Waals surface area contributed by atoms with E-state index >= 15 is 0 Å². The van der Waals surface area contributed by atoms with E-state index in [1.807, 2.05) is 23.1 Å². The quantitative estimate of drug-likeness (QED) is 0.702. The highest BCUT2D eigenvalue weighted by atomic mass is 32.2. The van der Waals surface area contributed by atoms with Crippen LogP contribution in [0.4, 0.5) is 5.69 Å². The van der Waals surface area contributed by atoms with Crippen molar-refractivity contribution in [3.05, 3.63) is 65.7 Å². The molecule has 2 saturated heterocycles. The van der Waals surface area contributed by atoms with E-state index in [9.17, 15) is 18.0 Å². The molecule has 0 bridgehead atoms. The molecule has 2 aromatic rings. The molecule has 0 aliphatic carbocycles. The Morgan fingerprint density at radius 3 is 2.45 bits per heavy atom. The fourth-order valence-corrected chi connectivity index (χ4v) is 6.28. The zero-order chi connectivity index (χ0) is 23.3. The molecular formula is C25H31N3O4S. The van der Waals surface area contributed by atoms with Crippen LogP contribution in [-0.4, -0.2) is 56.6 Å². The van der Waals surface area contributed by atoms with Crippen LogP contribution in [0.1, 0.15) is 59.2 Å². The van der Waals surface area contributed by atoms with Crippen molar-refractivity contribution in [2.45, 2.75) is 44.6 Å². The van der Waals surface area contributed by atoms with Crippen LogP contribution in [0.5, 0.6) is 0 Å². The molecule has 2 heterocycles. The highest BCUT2D eigenvalue weighted by Gasteiger charge is 2.29. The third-order valence-electron chi connectivity index (χ3n) is 6.42. The van der Waals surface area contributed by atoms with Gasteiger partial charge in [0.05, 0.1) is 11.4 Å². The second-order valence-electron chi connectivity index (χ2n) is 8.70. The lowest BCUT2D eigenvalue weighted by Crippen LogP contribution is -2.45. The highest BCUT2D eigenvalue weighted by molar-refractivity contribution is 7.92. The lowest BCUT2D eigenvalue weighted by Gasteiger charge is -2.36. The number of piperidine rings is 1. The van der Waals surface area contributed by atoms with E-state index in [0.717, 1.165) is 25.7 Å². The molecule has 2 aromatic carbocycles. The molecule has 8 heteroatoms. The summed E-state index contributed by atoms with van der Waals surface area (Å²) in [4.78, 5) is 27.6. The SMILES string of the molecule is O=C(NCCC1CCCCN1C(=O)c1cccc(N2CCCCS2(=O)=O)c1)c1ccccc1. The second kappa shape index (κ2) is 10.4. The van der Waals surface area contributed by atoms with Crippen molar-refractivity contribution < 1.29 is 18.0 Å². The average molecular weight is 470 g/mol. The Balaban J connectivity index is 1.42. The fraction of sp³-hybridized carbons (Fsp3) is 0.440. The Morgan fingerprint density at radius 1 is 0.909 bits per heavy atom. The van der Waals surface area contributed by atoms with Gasteiger partial charge in [0.1, 0.15) is 0 Å². The predicted octanol–water partition coefficient (Wildman–Crippen LogP) is 3.43. The number of anilines is 1. The Hall–Kier alpha value is -2.87. The average Bonchev–Trinajstić information content (AvgIpc) is 2.84. The highest BCUT2D eigenvalue weighted by Crippen LogP contribution is 2.27. The largest absolute Gasteiger partial charge is 0.352 e. The van der Waals surface area contributed by atoms with Crippen LogP contribution in [0, 0.1) is 0 Å². The van der Waals surface area contributed by atoms with Crippen molar-refractivity contribution in [1.29, 1.82) is 0 Å². The summed E-state index contributed by atoms with van der Waals surface area (Å²) >= 11 is 0. The Labute approximate surface area is 195 Å². The van der Waals surface area contributed by atoms with E-state index in [1.54, 1.807) is 36.4 Å². The molecular weight excluding hydrogens is 438 g/mol.